The molecule has 16 heavy (non-hydrogen) atoms. The Kier molecular flexibility index (Phi) is 4.49. The Labute approximate surface area is 95.0 Å². The second-order valence-electron chi connectivity index (χ2n) is 3.70. The van der Waals surface area contributed by atoms with Gasteiger partial charge in [-0.1, -0.05) is 20.3 Å². The van der Waals surface area contributed by atoms with Crippen LogP contribution in [0.5, 0.6) is 0 Å². The molecule has 1 aromatic heterocycles. The lowest BCUT2D eigenvalue weighted by atomic mass is 10.1. The minimum atomic E-state index is -0.203. The van der Waals surface area contributed by atoms with Gasteiger partial charge in [-0.3, -0.25) is 4.79 Å². The predicted molar refractivity (Wildman–Crippen MR) is 63.3 cm³/mol. The molecule has 1 atom stereocenters. The van der Waals surface area contributed by atoms with E-state index in [1.807, 2.05) is 13.8 Å². The summed E-state index contributed by atoms with van der Waals surface area (Å²) in [5.74, 6) is 0.823. The van der Waals surface area contributed by atoms with Crippen molar-refractivity contribution in [3.05, 3.63) is 21.7 Å². The highest BCUT2D eigenvalue weighted by molar-refractivity contribution is 5.37. The Morgan fingerprint density at radius 1 is 1.50 bits per heavy atom. The number of nitrogens with zero attached hydrogens (tertiary/aromatic N) is 1. The van der Waals surface area contributed by atoms with Gasteiger partial charge in [0.1, 0.15) is 17.7 Å². The van der Waals surface area contributed by atoms with Crippen LogP contribution in [0, 0.1) is 0 Å². The summed E-state index contributed by atoms with van der Waals surface area (Å²) in [6.07, 6.45) is 2.06. The van der Waals surface area contributed by atoms with E-state index in [1.54, 1.807) is 7.11 Å². The Morgan fingerprint density at radius 3 is 2.62 bits per heavy atom. The van der Waals surface area contributed by atoms with Gasteiger partial charge in [0, 0.05) is 7.11 Å². The SMILES string of the molecule is CCCc1c(N)nc(C(CC)OC)[nH]c1=O. The first-order valence-corrected chi connectivity index (χ1v) is 5.55. The van der Waals surface area contributed by atoms with Crippen LogP contribution in [0.25, 0.3) is 0 Å². The van der Waals surface area contributed by atoms with E-state index in [-0.39, 0.29) is 11.7 Å². The Hall–Kier alpha value is -1.36. The summed E-state index contributed by atoms with van der Waals surface area (Å²) in [6.45, 7) is 3.96. The minimum absolute atomic E-state index is 0.153. The van der Waals surface area contributed by atoms with Crippen molar-refractivity contribution in [2.75, 3.05) is 12.8 Å². The fourth-order valence-electron chi connectivity index (χ4n) is 1.65. The molecule has 1 aromatic rings. The van der Waals surface area contributed by atoms with Crippen molar-refractivity contribution in [2.24, 2.45) is 0 Å². The maximum atomic E-state index is 11.8. The van der Waals surface area contributed by atoms with Crippen LogP contribution in [0.4, 0.5) is 5.82 Å². The van der Waals surface area contributed by atoms with Crippen LogP contribution in [-0.2, 0) is 11.2 Å². The van der Waals surface area contributed by atoms with Gasteiger partial charge in [0.05, 0.1) is 5.56 Å². The van der Waals surface area contributed by atoms with Crippen LogP contribution < -0.4 is 11.3 Å². The van der Waals surface area contributed by atoms with E-state index in [4.69, 9.17) is 10.5 Å². The average molecular weight is 225 g/mol. The van der Waals surface area contributed by atoms with Crippen molar-refractivity contribution in [1.82, 2.24) is 9.97 Å². The first-order valence-electron chi connectivity index (χ1n) is 5.55. The molecule has 0 fully saturated rings. The molecule has 0 spiro atoms. The summed E-state index contributed by atoms with van der Waals surface area (Å²) in [6, 6.07) is 0. The first-order chi connectivity index (χ1) is 7.63. The van der Waals surface area contributed by atoms with Crippen molar-refractivity contribution in [3.8, 4) is 0 Å². The zero-order chi connectivity index (χ0) is 12.1. The van der Waals surface area contributed by atoms with E-state index >= 15 is 0 Å². The maximum absolute atomic E-state index is 11.8. The van der Waals surface area contributed by atoms with Crippen LogP contribution in [0.15, 0.2) is 4.79 Å². The average Bonchev–Trinajstić information content (AvgIpc) is 2.25. The highest BCUT2D eigenvalue weighted by atomic mass is 16.5. The number of nitrogens with two attached hydrogens (primary N) is 1. The fraction of sp³-hybridized carbons (Fsp3) is 0.636. The third-order valence-corrected chi connectivity index (χ3v) is 2.53. The number of aromatic nitrogens is 2. The predicted octanol–water partition coefficient (Wildman–Crippen LogP) is 1.40. The molecule has 5 heteroatoms. The van der Waals surface area contributed by atoms with Crippen LogP contribution in [0.1, 0.15) is 44.2 Å². The molecular weight excluding hydrogens is 206 g/mol. The minimum Gasteiger partial charge on any atom is -0.383 e. The molecular formula is C11H19N3O2. The van der Waals surface area contributed by atoms with Gasteiger partial charge >= 0.3 is 0 Å². The molecule has 0 bridgehead atoms. The summed E-state index contributed by atoms with van der Waals surface area (Å²) in [7, 11) is 1.59. The second kappa shape index (κ2) is 5.65. The van der Waals surface area contributed by atoms with E-state index in [1.165, 1.54) is 0 Å². The number of methoxy groups -OCH3 is 1. The molecule has 0 aliphatic carbocycles. The number of nitrogens with one attached hydrogen (secondary N) is 1. The normalized spacial score (nSPS) is 12.7. The van der Waals surface area contributed by atoms with Crippen LogP contribution in [-0.4, -0.2) is 17.1 Å². The Bertz CT molecular complexity index is 397. The summed E-state index contributed by atoms with van der Waals surface area (Å²) < 4.78 is 5.21. The molecule has 0 amide bonds. The quantitative estimate of drug-likeness (QED) is 0.793. The number of ether oxygens (including phenoxy) is 1. The first kappa shape index (κ1) is 12.7. The van der Waals surface area contributed by atoms with E-state index in [9.17, 15) is 4.79 Å². The van der Waals surface area contributed by atoms with Gasteiger partial charge in [-0.15, -0.1) is 0 Å². The standard InChI is InChI=1S/C11H19N3O2/c1-4-6-7-9(12)13-10(14-11(7)15)8(5-2)16-3/h8H,4-6H2,1-3H3,(H3,12,13,14,15). The van der Waals surface area contributed by atoms with Gasteiger partial charge in [-0.05, 0) is 12.8 Å². The number of nitrogen functional groups attached to an aromatic ring is 1. The molecule has 0 aliphatic rings. The van der Waals surface area contributed by atoms with E-state index < -0.39 is 0 Å². The highest BCUT2D eigenvalue weighted by Crippen LogP contribution is 2.16. The van der Waals surface area contributed by atoms with Crippen molar-refractivity contribution in [3.63, 3.8) is 0 Å². The number of hydrogen-bond donors (Lipinski definition) is 2. The van der Waals surface area contributed by atoms with Gasteiger partial charge in [-0.25, -0.2) is 4.98 Å². The molecule has 1 heterocycles. The number of H-pyrrole nitrogens is 1. The lowest BCUT2D eigenvalue weighted by molar-refractivity contribution is 0.0924. The zero-order valence-corrected chi connectivity index (χ0v) is 10.0. The molecule has 3 N–H and O–H groups in total. The van der Waals surface area contributed by atoms with E-state index in [0.717, 1.165) is 12.8 Å². The number of rotatable bonds is 5. The van der Waals surface area contributed by atoms with Crippen LogP contribution >= 0.6 is 0 Å². The molecule has 0 aromatic carbocycles. The number of hydrogen-bond acceptors (Lipinski definition) is 4. The highest BCUT2D eigenvalue weighted by Gasteiger charge is 2.14. The maximum Gasteiger partial charge on any atom is 0.256 e. The summed E-state index contributed by atoms with van der Waals surface area (Å²) >= 11 is 0. The Morgan fingerprint density at radius 2 is 2.19 bits per heavy atom. The second-order valence-corrected chi connectivity index (χ2v) is 3.70. The van der Waals surface area contributed by atoms with Gasteiger partial charge in [0.2, 0.25) is 0 Å². The van der Waals surface area contributed by atoms with Gasteiger partial charge in [-0.2, -0.15) is 0 Å². The number of anilines is 1. The molecule has 5 nitrogen and oxygen atoms in total. The summed E-state index contributed by atoms with van der Waals surface area (Å²) in [4.78, 5) is 18.7. The summed E-state index contributed by atoms with van der Waals surface area (Å²) in [5, 5.41) is 0. The number of aromatic amines is 1. The molecule has 0 saturated carbocycles. The van der Waals surface area contributed by atoms with E-state index in [0.29, 0.717) is 23.6 Å². The third kappa shape index (κ3) is 2.61. The van der Waals surface area contributed by atoms with Crippen LogP contribution in [0.2, 0.25) is 0 Å². The van der Waals surface area contributed by atoms with Crippen LogP contribution in [0.3, 0.4) is 0 Å². The lowest BCUT2D eigenvalue weighted by Crippen LogP contribution is -2.21. The topological polar surface area (TPSA) is 81.0 Å². The molecule has 0 saturated heterocycles. The van der Waals surface area contributed by atoms with Gasteiger partial charge < -0.3 is 15.5 Å². The smallest absolute Gasteiger partial charge is 0.256 e. The molecule has 0 radical (unpaired) electrons. The molecule has 90 valence electrons. The Balaban J connectivity index is 3.13. The summed E-state index contributed by atoms with van der Waals surface area (Å²) in [5.41, 5.74) is 6.18. The lowest BCUT2D eigenvalue weighted by Gasteiger charge is -2.13. The van der Waals surface area contributed by atoms with Gasteiger partial charge in [0.15, 0.2) is 0 Å². The fourth-order valence-corrected chi connectivity index (χ4v) is 1.65. The van der Waals surface area contributed by atoms with Crippen molar-refractivity contribution in [2.45, 2.75) is 39.2 Å². The molecule has 1 unspecified atom stereocenters. The van der Waals surface area contributed by atoms with Gasteiger partial charge in [0.25, 0.3) is 5.56 Å². The third-order valence-electron chi connectivity index (χ3n) is 2.53. The molecule has 1 rings (SSSR count). The van der Waals surface area contributed by atoms with Crippen molar-refractivity contribution < 1.29 is 4.74 Å². The van der Waals surface area contributed by atoms with Crippen molar-refractivity contribution >= 4 is 5.82 Å². The van der Waals surface area contributed by atoms with E-state index in [2.05, 4.69) is 9.97 Å². The zero-order valence-electron chi connectivity index (χ0n) is 10.0. The largest absolute Gasteiger partial charge is 0.383 e. The van der Waals surface area contributed by atoms with Crippen molar-refractivity contribution in [1.29, 1.82) is 0 Å². The monoisotopic (exact) mass is 225 g/mol. The molecule has 0 aliphatic heterocycles.